The van der Waals surface area contributed by atoms with Gasteiger partial charge in [-0.2, -0.15) is 0 Å². The van der Waals surface area contributed by atoms with E-state index in [2.05, 4.69) is 45.0 Å². The number of aliphatic hydroxyl groups is 1. The Labute approximate surface area is 123 Å². The van der Waals surface area contributed by atoms with Gasteiger partial charge in [0, 0.05) is 12.6 Å². The number of hydrogen-bond donors (Lipinski definition) is 1. The van der Waals surface area contributed by atoms with Crippen molar-refractivity contribution < 1.29 is 5.11 Å². The average Bonchev–Trinajstić information content (AvgIpc) is 2.77. The molecule has 1 N–H and O–H groups in total. The summed E-state index contributed by atoms with van der Waals surface area (Å²) in [5, 5.41) is 18.8. The third kappa shape index (κ3) is 2.71. The second-order valence-corrected chi connectivity index (χ2v) is 6.30. The lowest BCUT2D eigenvalue weighted by Crippen LogP contribution is -2.52. The van der Waals surface area contributed by atoms with Crippen LogP contribution in [0.1, 0.15) is 51.3 Å². The molecule has 0 spiro atoms. The molecule has 0 amide bonds. The summed E-state index contributed by atoms with van der Waals surface area (Å²) in [6.07, 6.45) is 4.03. The zero-order valence-electron chi connectivity index (χ0n) is 11.9. The maximum Gasteiger partial charge on any atom is 0.154 e. The van der Waals surface area contributed by atoms with Crippen molar-refractivity contribution >= 4 is 15.9 Å². The number of aromatic nitrogens is 3. The van der Waals surface area contributed by atoms with Gasteiger partial charge in [0.05, 0.1) is 0 Å². The number of hydrogen-bond acceptors (Lipinski definition) is 4. The summed E-state index contributed by atoms with van der Waals surface area (Å²) in [4.78, 5) is 2.42. The number of piperidine rings is 1. The van der Waals surface area contributed by atoms with E-state index >= 15 is 0 Å². The number of likely N-dealkylation sites (tertiary alicyclic amines) is 1. The molecule has 0 bridgehead atoms. The van der Waals surface area contributed by atoms with Gasteiger partial charge >= 0.3 is 0 Å². The molecule has 5 nitrogen and oxygen atoms in total. The Balaban J connectivity index is 2.29. The Morgan fingerprint density at radius 1 is 1.37 bits per heavy atom. The van der Waals surface area contributed by atoms with Crippen LogP contribution in [0.15, 0.2) is 4.60 Å². The molecule has 1 aromatic heterocycles. The number of rotatable bonds is 4. The van der Waals surface area contributed by atoms with E-state index in [-0.39, 0.29) is 5.54 Å². The van der Waals surface area contributed by atoms with Crippen molar-refractivity contribution in [3.63, 3.8) is 0 Å². The highest BCUT2D eigenvalue weighted by atomic mass is 79.9. The van der Waals surface area contributed by atoms with E-state index in [1.54, 1.807) is 4.68 Å². The van der Waals surface area contributed by atoms with Crippen molar-refractivity contribution in [2.24, 2.45) is 7.05 Å². The molecule has 1 aliphatic heterocycles. The van der Waals surface area contributed by atoms with Crippen LogP contribution < -0.4 is 0 Å². The van der Waals surface area contributed by atoms with Gasteiger partial charge in [-0.15, -0.1) is 5.10 Å². The van der Waals surface area contributed by atoms with E-state index in [4.69, 9.17) is 0 Å². The van der Waals surface area contributed by atoms with Crippen LogP contribution in [0.4, 0.5) is 0 Å². The summed E-state index contributed by atoms with van der Waals surface area (Å²) < 4.78 is 2.30. The summed E-state index contributed by atoms with van der Waals surface area (Å²) in [6, 6.07) is 0. The molecule has 1 aromatic rings. The van der Waals surface area contributed by atoms with Crippen LogP contribution >= 0.6 is 15.9 Å². The number of halogens is 1. The van der Waals surface area contributed by atoms with Gasteiger partial charge in [0.1, 0.15) is 11.8 Å². The van der Waals surface area contributed by atoms with Gasteiger partial charge in [-0.25, -0.2) is 4.68 Å². The van der Waals surface area contributed by atoms with Crippen molar-refractivity contribution in [2.75, 3.05) is 13.1 Å². The highest BCUT2D eigenvalue weighted by Gasteiger charge is 2.41. The molecule has 2 unspecified atom stereocenters. The zero-order chi connectivity index (χ0) is 14.0. The van der Waals surface area contributed by atoms with Crippen LogP contribution in [0.5, 0.6) is 0 Å². The molecule has 2 heterocycles. The van der Waals surface area contributed by atoms with Crippen LogP contribution in [0.2, 0.25) is 0 Å². The quantitative estimate of drug-likeness (QED) is 0.920. The predicted octanol–water partition coefficient (Wildman–Crippen LogP) is 2.27. The molecular weight excluding hydrogens is 308 g/mol. The van der Waals surface area contributed by atoms with Gasteiger partial charge in [0.15, 0.2) is 4.60 Å². The van der Waals surface area contributed by atoms with E-state index < -0.39 is 6.10 Å². The van der Waals surface area contributed by atoms with Gasteiger partial charge in [-0.1, -0.05) is 18.6 Å². The van der Waals surface area contributed by atoms with Crippen molar-refractivity contribution in [1.82, 2.24) is 19.9 Å². The molecule has 108 valence electrons. The minimum atomic E-state index is -0.593. The highest BCUT2D eigenvalue weighted by Crippen LogP contribution is 2.37. The maximum absolute atomic E-state index is 10.9. The largest absolute Gasteiger partial charge is 0.385 e. The molecule has 0 radical (unpaired) electrons. The molecular formula is C13H23BrN4O. The fraction of sp³-hybridized carbons (Fsp3) is 0.846. The molecule has 6 heteroatoms. The molecule has 0 aromatic carbocycles. The highest BCUT2D eigenvalue weighted by molar-refractivity contribution is 9.10. The van der Waals surface area contributed by atoms with Gasteiger partial charge in [-0.05, 0) is 55.2 Å². The van der Waals surface area contributed by atoms with Crippen molar-refractivity contribution in [1.29, 1.82) is 0 Å². The van der Waals surface area contributed by atoms with E-state index in [1.165, 1.54) is 19.3 Å². The predicted molar refractivity (Wildman–Crippen MR) is 77.8 cm³/mol. The Hall–Kier alpha value is -0.460. The lowest BCUT2D eigenvalue weighted by Gasteiger charge is -2.45. The number of aryl methyl sites for hydroxylation is 1. The summed E-state index contributed by atoms with van der Waals surface area (Å²) in [5.41, 5.74) is 0.494. The molecule has 1 aliphatic rings. The van der Waals surface area contributed by atoms with Crippen molar-refractivity contribution in [2.45, 2.75) is 51.2 Å². The number of aliphatic hydroxyl groups excluding tert-OH is 1. The minimum Gasteiger partial charge on any atom is -0.385 e. The average molecular weight is 331 g/mol. The van der Waals surface area contributed by atoms with Crippen LogP contribution in [-0.2, 0) is 7.05 Å². The van der Waals surface area contributed by atoms with Crippen molar-refractivity contribution in [3.8, 4) is 0 Å². The minimum absolute atomic E-state index is 0.265. The first-order valence-electron chi connectivity index (χ1n) is 6.99. The Bertz CT molecular complexity index is 411. The molecule has 19 heavy (non-hydrogen) atoms. The SMILES string of the molecule is CCC(C)(C(O)c1c(Br)nnn1C)N1CCCCC1. The van der Waals surface area contributed by atoms with E-state index in [0.717, 1.165) is 25.2 Å². The third-order valence-electron chi connectivity index (χ3n) is 4.47. The molecule has 2 atom stereocenters. The first-order chi connectivity index (χ1) is 9.00. The maximum atomic E-state index is 10.9. The Morgan fingerprint density at radius 2 is 2.00 bits per heavy atom. The Morgan fingerprint density at radius 3 is 2.47 bits per heavy atom. The summed E-state index contributed by atoms with van der Waals surface area (Å²) in [7, 11) is 1.82. The van der Waals surface area contributed by atoms with Crippen LogP contribution in [0.3, 0.4) is 0 Å². The monoisotopic (exact) mass is 330 g/mol. The van der Waals surface area contributed by atoms with Crippen molar-refractivity contribution in [3.05, 3.63) is 10.3 Å². The lowest BCUT2D eigenvalue weighted by atomic mass is 9.86. The first-order valence-corrected chi connectivity index (χ1v) is 7.78. The lowest BCUT2D eigenvalue weighted by molar-refractivity contribution is -0.0392. The van der Waals surface area contributed by atoms with Crippen LogP contribution in [0.25, 0.3) is 0 Å². The molecule has 0 saturated carbocycles. The van der Waals surface area contributed by atoms with Crippen LogP contribution in [-0.4, -0.2) is 43.6 Å². The van der Waals surface area contributed by atoms with Gasteiger partial charge in [-0.3, -0.25) is 4.90 Å². The first kappa shape index (κ1) is 14.9. The number of nitrogens with zero attached hydrogens (tertiary/aromatic N) is 4. The molecule has 1 saturated heterocycles. The molecule has 0 aliphatic carbocycles. The third-order valence-corrected chi connectivity index (χ3v) is 5.03. The second-order valence-electron chi connectivity index (χ2n) is 5.55. The Kier molecular flexibility index (Phi) is 4.63. The molecule has 1 fully saturated rings. The smallest absolute Gasteiger partial charge is 0.154 e. The normalized spacial score (nSPS) is 22.2. The second kappa shape index (κ2) is 5.89. The standard InChI is InChI=1S/C13H23BrN4O/c1-4-13(2,18-8-6-5-7-9-18)11(19)10-12(14)15-16-17(10)3/h11,19H,4-9H2,1-3H3. The summed E-state index contributed by atoms with van der Waals surface area (Å²) >= 11 is 3.39. The van der Waals surface area contributed by atoms with Gasteiger partial charge in [0.2, 0.25) is 0 Å². The zero-order valence-corrected chi connectivity index (χ0v) is 13.5. The van der Waals surface area contributed by atoms with Crippen LogP contribution in [0, 0.1) is 0 Å². The molecule has 2 rings (SSSR count). The summed E-state index contributed by atoms with van der Waals surface area (Å²) in [5.74, 6) is 0. The van der Waals surface area contributed by atoms with E-state index in [0.29, 0.717) is 4.60 Å². The topological polar surface area (TPSA) is 54.2 Å². The summed E-state index contributed by atoms with van der Waals surface area (Å²) in [6.45, 7) is 6.40. The van der Waals surface area contributed by atoms with E-state index in [9.17, 15) is 5.11 Å². The van der Waals surface area contributed by atoms with E-state index in [1.807, 2.05) is 7.05 Å². The van der Waals surface area contributed by atoms with Gasteiger partial charge < -0.3 is 5.11 Å². The fourth-order valence-electron chi connectivity index (χ4n) is 2.92. The fourth-order valence-corrected chi connectivity index (χ4v) is 3.46. The van der Waals surface area contributed by atoms with Gasteiger partial charge in [0.25, 0.3) is 0 Å².